The molecule has 0 aromatic carbocycles. The van der Waals surface area contributed by atoms with Crippen LogP contribution in [-0.4, -0.2) is 46.5 Å². The van der Waals surface area contributed by atoms with E-state index >= 15 is 0 Å². The zero-order valence-electron chi connectivity index (χ0n) is 8.78. The van der Waals surface area contributed by atoms with Gasteiger partial charge in [0.05, 0.1) is 12.7 Å². The molecule has 1 aliphatic rings. The molecule has 1 saturated carbocycles. The maximum absolute atomic E-state index is 9.24. The highest BCUT2D eigenvalue weighted by Crippen LogP contribution is 2.30. The lowest BCUT2D eigenvalue weighted by atomic mass is 10.2. The normalized spacial score (nSPS) is 29.4. The van der Waals surface area contributed by atoms with Crippen LogP contribution in [0.2, 0.25) is 0 Å². The van der Waals surface area contributed by atoms with Crippen molar-refractivity contribution in [2.45, 2.75) is 43.6 Å². The van der Waals surface area contributed by atoms with Gasteiger partial charge in [-0.15, -0.1) is 0 Å². The third kappa shape index (κ3) is 3.77. The highest BCUT2D eigenvalue weighted by atomic mass is 32.2. The van der Waals surface area contributed by atoms with Crippen molar-refractivity contribution in [1.29, 1.82) is 0 Å². The highest BCUT2D eigenvalue weighted by molar-refractivity contribution is 8.00. The highest BCUT2D eigenvalue weighted by Gasteiger charge is 2.26. The molecule has 4 heteroatoms. The molecule has 3 unspecified atom stereocenters. The summed E-state index contributed by atoms with van der Waals surface area (Å²) in [5.74, 6) is 0.656. The molecule has 3 atom stereocenters. The number of rotatable bonds is 6. The van der Waals surface area contributed by atoms with Gasteiger partial charge in [-0.1, -0.05) is 13.3 Å². The van der Waals surface area contributed by atoms with E-state index in [4.69, 9.17) is 5.11 Å². The lowest BCUT2D eigenvalue weighted by Crippen LogP contribution is -2.34. The molecule has 0 amide bonds. The number of hydrogen-bond donors (Lipinski definition) is 3. The molecule has 0 spiro atoms. The molecule has 0 saturated heterocycles. The molecule has 84 valence electrons. The summed E-state index contributed by atoms with van der Waals surface area (Å²) in [6, 6.07) is 0.607. The summed E-state index contributed by atoms with van der Waals surface area (Å²) in [4.78, 5) is 0. The van der Waals surface area contributed by atoms with E-state index in [1.807, 2.05) is 0 Å². The standard InChI is InChI=1S/C10H21NO2S/c1-2-11-9-4-3-5-10(9)14-7-8(13)6-12/h8-13H,2-7H2,1H3. The van der Waals surface area contributed by atoms with Crippen LogP contribution in [0, 0.1) is 0 Å². The van der Waals surface area contributed by atoms with Crippen molar-refractivity contribution < 1.29 is 10.2 Å². The Bertz CT molecular complexity index is 157. The molecule has 0 aliphatic heterocycles. The summed E-state index contributed by atoms with van der Waals surface area (Å²) in [6.45, 7) is 3.03. The monoisotopic (exact) mass is 219 g/mol. The molecule has 1 aliphatic carbocycles. The third-order valence-corrected chi connectivity index (χ3v) is 4.20. The van der Waals surface area contributed by atoms with Crippen molar-refractivity contribution in [2.75, 3.05) is 18.9 Å². The second kappa shape index (κ2) is 6.67. The van der Waals surface area contributed by atoms with E-state index in [0.717, 1.165) is 6.54 Å². The van der Waals surface area contributed by atoms with E-state index in [9.17, 15) is 5.11 Å². The van der Waals surface area contributed by atoms with Gasteiger partial charge in [-0.25, -0.2) is 0 Å². The molecule has 1 fully saturated rings. The summed E-state index contributed by atoms with van der Waals surface area (Å²) in [5.41, 5.74) is 0. The minimum absolute atomic E-state index is 0.119. The lowest BCUT2D eigenvalue weighted by molar-refractivity contribution is 0.113. The topological polar surface area (TPSA) is 52.5 Å². The van der Waals surface area contributed by atoms with Crippen LogP contribution >= 0.6 is 11.8 Å². The molecular formula is C10H21NO2S. The van der Waals surface area contributed by atoms with Gasteiger partial charge in [-0.3, -0.25) is 0 Å². The summed E-state index contributed by atoms with van der Waals surface area (Å²) >= 11 is 1.79. The molecule has 1 rings (SSSR count). The number of thioether (sulfide) groups is 1. The number of hydrogen-bond acceptors (Lipinski definition) is 4. The fourth-order valence-corrected chi connectivity index (χ4v) is 3.28. The number of aliphatic hydroxyl groups is 2. The van der Waals surface area contributed by atoms with Crippen molar-refractivity contribution in [3.05, 3.63) is 0 Å². The van der Waals surface area contributed by atoms with E-state index in [0.29, 0.717) is 17.0 Å². The SMILES string of the molecule is CCNC1CCCC1SCC(O)CO. The average molecular weight is 219 g/mol. The number of aliphatic hydroxyl groups excluding tert-OH is 2. The van der Waals surface area contributed by atoms with Crippen LogP contribution in [0.4, 0.5) is 0 Å². The summed E-state index contributed by atoms with van der Waals surface area (Å²) in [6.07, 6.45) is 3.22. The Labute approximate surface area is 90.3 Å². The predicted molar refractivity (Wildman–Crippen MR) is 60.7 cm³/mol. The first kappa shape index (κ1) is 12.3. The maximum Gasteiger partial charge on any atom is 0.0861 e. The maximum atomic E-state index is 9.24. The average Bonchev–Trinajstić information content (AvgIpc) is 2.62. The van der Waals surface area contributed by atoms with Crippen LogP contribution in [0.3, 0.4) is 0 Å². The van der Waals surface area contributed by atoms with E-state index in [-0.39, 0.29) is 6.61 Å². The molecule has 14 heavy (non-hydrogen) atoms. The van der Waals surface area contributed by atoms with Gasteiger partial charge in [0.15, 0.2) is 0 Å². The first-order valence-electron chi connectivity index (χ1n) is 5.41. The molecular weight excluding hydrogens is 198 g/mol. The Morgan fingerprint density at radius 3 is 2.93 bits per heavy atom. The van der Waals surface area contributed by atoms with E-state index in [1.165, 1.54) is 19.3 Å². The van der Waals surface area contributed by atoms with Gasteiger partial charge < -0.3 is 15.5 Å². The summed E-state index contributed by atoms with van der Waals surface area (Å²) < 4.78 is 0. The second-order valence-corrected chi connectivity index (χ2v) is 5.08. The van der Waals surface area contributed by atoms with Crippen molar-refractivity contribution in [3.8, 4) is 0 Å². The molecule has 0 heterocycles. The zero-order valence-corrected chi connectivity index (χ0v) is 9.59. The smallest absolute Gasteiger partial charge is 0.0861 e. The van der Waals surface area contributed by atoms with Crippen molar-refractivity contribution in [1.82, 2.24) is 5.32 Å². The lowest BCUT2D eigenvalue weighted by Gasteiger charge is -2.20. The van der Waals surface area contributed by atoms with Gasteiger partial charge in [0, 0.05) is 17.0 Å². The van der Waals surface area contributed by atoms with Gasteiger partial charge in [-0.05, 0) is 19.4 Å². The van der Waals surface area contributed by atoms with Crippen LogP contribution in [0.15, 0.2) is 0 Å². The number of nitrogens with one attached hydrogen (secondary N) is 1. The molecule has 0 bridgehead atoms. The molecule has 3 nitrogen and oxygen atoms in total. The molecule has 0 radical (unpaired) electrons. The van der Waals surface area contributed by atoms with Gasteiger partial charge in [0.25, 0.3) is 0 Å². The largest absolute Gasteiger partial charge is 0.394 e. The van der Waals surface area contributed by atoms with Gasteiger partial charge in [0.2, 0.25) is 0 Å². The minimum atomic E-state index is -0.553. The van der Waals surface area contributed by atoms with Crippen molar-refractivity contribution >= 4 is 11.8 Å². The second-order valence-electron chi connectivity index (χ2n) is 3.80. The Morgan fingerprint density at radius 2 is 2.29 bits per heavy atom. The Hall–Kier alpha value is 0.230. The first-order valence-corrected chi connectivity index (χ1v) is 6.46. The van der Waals surface area contributed by atoms with Crippen LogP contribution in [0.25, 0.3) is 0 Å². The summed E-state index contributed by atoms with van der Waals surface area (Å²) in [7, 11) is 0. The third-order valence-electron chi connectivity index (χ3n) is 2.63. The summed E-state index contributed by atoms with van der Waals surface area (Å²) in [5, 5.41) is 22.0. The van der Waals surface area contributed by atoms with Crippen molar-refractivity contribution in [2.24, 2.45) is 0 Å². The van der Waals surface area contributed by atoms with E-state index < -0.39 is 6.10 Å². The quantitative estimate of drug-likeness (QED) is 0.612. The zero-order chi connectivity index (χ0) is 10.4. The fraction of sp³-hybridized carbons (Fsp3) is 1.00. The first-order chi connectivity index (χ1) is 6.77. The van der Waals surface area contributed by atoms with Crippen LogP contribution < -0.4 is 5.32 Å². The minimum Gasteiger partial charge on any atom is -0.394 e. The van der Waals surface area contributed by atoms with E-state index in [2.05, 4.69) is 12.2 Å². The Kier molecular flexibility index (Phi) is 5.86. The van der Waals surface area contributed by atoms with Crippen molar-refractivity contribution in [3.63, 3.8) is 0 Å². The fourth-order valence-electron chi connectivity index (χ4n) is 1.91. The van der Waals surface area contributed by atoms with Crippen LogP contribution in [0.5, 0.6) is 0 Å². The van der Waals surface area contributed by atoms with Gasteiger partial charge in [-0.2, -0.15) is 11.8 Å². The molecule has 3 N–H and O–H groups in total. The molecule has 0 aromatic rings. The van der Waals surface area contributed by atoms with Gasteiger partial charge in [0.1, 0.15) is 0 Å². The van der Waals surface area contributed by atoms with E-state index in [1.54, 1.807) is 11.8 Å². The Morgan fingerprint density at radius 1 is 1.50 bits per heavy atom. The van der Waals surface area contributed by atoms with Crippen LogP contribution in [0.1, 0.15) is 26.2 Å². The van der Waals surface area contributed by atoms with Gasteiger partial charge >= 0.3 is 0 Å². The predicted octanol–water partition coefficient (Wildman–Crippen LogP) is 0.603. The van der Waals surface area contributed by atoms with Crippen LogP contribution in [-0.2, 0) is 0 Å². The Balaban J connectivity index is 2.21. The molecule has 0 aromatic heterocycles.